The molecule has 0 saturated carbocycles. The van der Waals surface area contributed by atoms with Gasteiger partial charge in [-0.3, -0.25) is 0 Å². The Hall–Kier alpha value is -3.05. The number of hydrogen-bond acceptors (Lipinski definition) is 6. The number of halogens is 5. The predicted molar refractivity (Wildman–Crippen MR) is 116 cm³/mol. The Morgan fingerprint density at radius 1 is 1.03 bits per heavy atom. The van der Waals surface area contributed by atoms with Crippen molar-refractivity contribution in [3.63, 3.8) is 0 Å². The van der Waals surface area contributed by atoms with Crippen LogP contribution >= 0.6 is 0 Å². The zero-order valence-corrected chi connectivity index (χ0v) is 18.8. The maximum absolute atomic E-state index is 13.1. The summed E-state index contributed by atoms with van der Waals surface area (Å²) in [6.07, 6.45) is -5.57. The fourth-order valence-corrected chi connectivity index (χ4v) is 4.98. The van der Waals surface area contributed by atoms with Gasteiger partial charge in [-0.2, -0.15) is 18.3 Å². The Morgan fingerprint density at radius 3 is 2.44 bits per heavy atom. The van der Waals surface area contributed by atoms with Crippen molar-refractivity contribution in [2.24, 2.45) is 5.41 Å². The molecule has 182 valence electrons. The Morgan fingerprint density at radius 2 is 1.76 bits per heavy atom. The number of alkyl halides is 5. The Bertz CT molecular complexity index is 1220. The summed E-state index contributed by atoms with van der Waals surface area (Å²) in [6.45, 7) is 5.45. The lowest BCUT2D eigenvalue weighted by atomic mass is 9.79. The van der Waals surface area contributed by atoms with Crippen molar-refractivity contribution in [1.82, 2.24) is 24.7 Å². The molecule has 3 aromatic heterocycles. The van der Waals surface area contributed by atoms with Crippen LogP contribution in [-0.2, 0) is 19.1 Å². The number of nitrogens with zero attached hydrogens (tertiary/aromatic N) is 7. The van der Waals surface area contributed by atoms with Crippen LogP contribution in [0.25, 0.3) is 11.0 Å². The zero-order chi connectivity index (χ0) is 24.3. The third-order valence-electron chi connectivity index (χ3n) is 6.56. The highest BCUT2D eigenvalue weighted by Crippen LogP contribution is 2.43. The molecule has 0 radical (unpaired) electrons. The lowest BCUT2D eigenvalue weighted by Crippen LogP contribution is -2.58. The van der Waals surface area contributed by atoms with Crippen LogP contribution in [0.15, 0.2) is 18.2 Å². The summed E-state index contributed by atoms with van der Waals surface area (Å²) in [5.41, 5.74) is 0.169. The van der Waals surface area contributed by atoms with E-state index >= 15 is 0 Å². The number of anilines is 2. The van der Waals surface area contributed by atoms with E-state index in [9.17, 15) is 22.0 Å². The second-order valence-electron chi connectivity index (χ2n) is 9.10. The van der Waals surface area contributed by atoms with E-state index in [1.807, 2.05) is 24.0 Å². The lowest BCUT2D eigenvalue weighted by Gasteiger charge is -2.48. The molecule has 7 nitrogen and oxygen atoms in total. The topological polar surface area (TPSA) is 63.0 Å². The van der Waals surface area contributed by atoms with Gasteiger partial charge in [-0.05, 0) is 31.9 Å². The third-order valence-corrected chi connectivity index (χ3v) is 6.56. The molecule has 2 aliphatic heterocycles. The van der Waals surface area contributed by atoms with Gasteiger partial charge in [0.2, 0.25) is 0 Å². The number of rotatable bonds is 5. The average molecular weight is 481 g/mol. The second-order valence-corrected chi connectivity index (χ2v) is 9.10. The highest BCUT2D eigenvalue weighted by Gasteiger charge is 2.49. The molecule has 0 aromatic carbocycles. The fraction of sp³-hybridized carbons (Fsp3) is 0.545. The number of hydrogen-bond donors (Lipinski definition) is 0. The van der Waals surface area contributed by atoms with Gasteiger partial charge in [0.1, 0.15) is 29.7 Å². The molecule has 0 unspecified atom stereocenters. The van der Waals surface area contributed by atoms with Crippen molar-refractivity contribution in [1.29, 1.82) is 0 Å². The number of aryl methyl sites for hydroxylation is 2. The van der Waals surface area contributed by atoms with Crippen LogP contribution in [-0.4, -0.2) is 57.3 Å². The van der Waals surface area contributed by atoms with Gasteiger partial charge in [0.05, 0.1) is 5.69 Å². The number of fused-ring (bicyclic) bond motifs is 1. The molecule has 0 N–H and O–H groups in total. The second kappa shape index (κ2) is 8.02. The first kappa shape index (κ1) is 22.7. The lowest BCUT2D eigenvalue weighted by molar-refractivity contribution is -0.141. The van der Waals surface area contributed by atoms with Crippen LogP contribution in [0.5, 0.6) is 0 Å². The van der Waals surface area contributed by atoms with Gasteiger partial charge in [0.25, 0.3) is 6.43 Å². The molecule has 5 rings (SSSR count). The molecular formula is C22H24F5N7. The molecule has 34 heavy (non-hydrogen) atoms. The van der Waals surface area contributed by atoms with Crippen LogP contribution < -0.4 is 9.80 Å². The SMILES string of the molecule is CCc1nn(CC(F)F)c2nc(N3CCC4(CN(c5cc(C(F)(F)F)nc(C)n5)C4)C3)ccc12. The minimum atomic E-state index is -4.52. The first-order valence-electron chi connectivity index (χ1n) is 11.1. The predicted octanol–water partition coefficient (Wildman–Crippen LogP) is 4.09. The minimum absolute atomic E-state index is 0.0777. The van der Waals surface area contributed by atoms with Crippen molar-refractivity contribution < 1.29 is 22.0 Å². The summed E-state index contributed by atoms with van der Waals surface area (Å²) >= 11 is 0. The number of pyridine rings is 1. The Kier molecular flexibility index (Phi) is 5.36. The van der Waals surface area contributed by atoms with Crippen molar-refractivity contribution in [2.75, 3.05) is 36.0 Å². The van der Waals surface area contributed by atoms with Gasteiger partial charge in [-0.15, -0.1) is 0 Å². The largest absolute Gasteiger partial charge is 0.433 e. The molecule has 0 bridgehead atoms. The highest BCUT2D eigenvalue weighted by molar-refractivity contribution is 5.80. The van der Waals surface area contributed by atoms with Gasteiger partial charge < -0.3 is 9.80 Å². The van der Waals surface area contributed by atoms with Crippen molar-refractivity contribution in [3.8, 4) is 0 Å². The van der Waals surface area contributed by atoms with E-state index in [-0.39, 0.29) is 17.1 Å². The maximum Gasteiger partial charge on any atom is 0.433 e. The first-order valence-corrected chi connectivity index (χ1v) is 11.1. The van der Waals surface area contributed by atoms with Crippen LogP contribution in [0.2, 0.25) is 0 Å². The van der Waals surface area contributed by atoms with E-state index in [0.29, 0.717) is 37.5 Å². The quantitative estimate of drug-likeness (QED) is 0.512. The van der Waals surface area contributed by atoms with Gasteiger partial charge in [-0.1, -0.05) is 6.92 Å². The molecule has 0 amide bonds. The van der Waals surface area contributed by atoms with Crippen LogP contribution in [0.4, 0.5) is 33.6 Å². The molecule has 0 atom stereocenters. The maximum atomic E-state index is 13.1. The molecule has 2 saturated heterocycles. The smallest absolute Gasteiger partial charge is 0.356 e. The van der Waals surface area contributed by atoms with Gasteiger partial charge in [0.15, 0.2) is 5.65 Å². The van der Waals surface area contributed by atoms with Gasteiger partial charge in [0, 0.05) is 43.0 Å². The van der Waals surface area contributed by atoms with Crippen LogP contribution in [0.3, 0.4) is 0 Å². The minimum Gasteiger partial charge on any atom is -0.356 e. The van der Waals surface area contributed by atoms with E-state index < -0.39 is 24.8 Å². The summed E-state index contributed by atoms with van der Waals surface area (Å²) in [5.74, 6) is 1.06. The molecule has 1 spiro atoms. The van der Waals surface area contributed by atoms with E-state index in [1.54, 1.807) is 0 Å². The Balaban J connectivity index is 1.33. The highest BCUT2D eigenvalue weighted by atomic mass is 19.4. The monoisotopic (exact) mass is 481 g/mol. The van der Waals surface area contributed by atoms with Gasteiger partial charge in [-0.25, -0.2) is 28.4 Å². The van der Waals surface area contributed by atoms with E-state index in [1.165, 1.54) is 11.6 Å². The molecule has 2 fully saturated rings. The summed E-state index contributed by atoms with van der Waals surface area (Å²) in [6, 6.07) is 4.76. The van der Waals surface area contributed by atoms with Crippen molar-refractivity contribution >= 4 is 22.7 Å². The number of aromatic nitrogens is 5. The average Bonchev–Trinajstić information content (AvgIpc) is 3.33. The third kappa shape index (κ3) is 4.03. The van der Waals surface area contributed by atoms with Crippen LogP contribution in [0.1, 0.15) is 30.6 Å². The molecular weight excluding hydrogens is 457 g/mol. The van der Waals surface area contributed by atoms with E-state index in [4.69, 9.17) is 0 Å². The van der Waals surface area contributed by atoms with Crippen LogP contribution in [0, 0.1) is 12.3 Å². The molecule has 5 heterocycles. The van der Waals surface area contributed by atoms with Crippen molar-refractivity contribution in [3.05, 3.63) is 35.4 Å². The summed E-state index contributed by atoms with van der Waals surface area (Å²) in [7, 11) is 0. The molecule has 3 aromatic rings. The van der Waals surface area contributed by atoms with E-state index in [2.05, 4.69) is 25.0 Å². The summed E-state index contributed by atoms with van der Waals surface area (Å²) in [5, 5.41) is 5.08. The summed E-state index contributed by atoms with van der Waals surface area (Å²) < 4.78 is 66.7. The fourth-order valence-electron chi connectivity index (χ4n) is 4.98. The molecule has 0 aliphatic carbocycles. The molecule has 2 aliphatic rings. The normalized spacial score (nSPS) is 17.9. The first-order chi connectivity index (χ1) is 16.1. The van der Waals surface area contributed by atoms with Gasteiger partial charge >= 0.3 is 6.18 Å². The molecule has 12 heteroatoms. The Labute approximate surface area is 192 Å². The summed E-state index contributed by atoms with van der Waals surface area (Å²) in [4.78, 5) is 16.3. The van der Waals surface area contributed by atoms with E-state index in [0.717, 1.165) is 30.1 Å². The zero-order valence-electron chi connectivity index (χ0n) is 18.8. The standard InChI is InChI=1S/C22H24F5N7/c1-3-15-14-4-5-18(30-20(14)34(31-15)9-17(23)24)32-7-6-21(10-32)11-33(12-21)19-8-16(22(25,26)27)28-13(2)29-19/h4-5,8,17H,3,6-7,9-12H2,1-2H3. The van der Waals surface area contributed by atoms with Crippen molar-refractivity contribution in [2.45, 2.75) is 45.8 Å².